The predicted molar refractivity (Wildman–Crippen MR) is 94.9 cm³/mol. The number of carboxylic acids is 1. The number of hydrogen-bond donors (Lipinski definition) is 2. The molecular formula is C18H36N4O2. The van der Waals surface area contributed by atoms with E-state index >= 15 is 0 Å². The highest BCUT2D eigenvalue weighted by molar-refractivity contribution is 5.70. The fourth-order valence-corrected chi connectivity index (χ4v) is 2.34. The summed E-state index contributed by atoms with van der Waals surface area (Å²) >= 11 is 0. The van der Waals surface area contributed by atoms with Crippen LogP contribution >= 0.6 is 0 Å². The molecule has 140 valence electrons. The van der Waals surface area contributed by atoms with Gasteiger partial charge in [0.1, 0.15) is 12.4 Å². The fraction of sp³-hybridized carbons (Fsp3) is 0.778. The minimum atomic E-state index is -1.18. The number of nitrogens with two attached hydrogens (primary N) is 2. The summed E-state index contributed by atoms with van der Waals surface area (Å²) in [7, 11) is 2.07. The Labute approximate surface area is 146 Å². The Hall–Kier alpha value is -1.40. The number of unbranched alkanes of at least 4 members (excludes halogenated alkanes) is 6. The van der Waals surface area contributed by atoms with Gasteiger partial charge in [0.25, 0.3) is 0 Å². The first-order valence-corrected chi connectivity index (χ1v) is 9.18. The van der Waals surface area contributed by atoms with Gasteiger partial charge in [-0.2, -0.15) is 0 Å². The van der Waals surface area contributed by atoms with Crippen LogP contribution in [0.1, 0.15) is 64.7 Å². The van der Waals surface area contributed by atoms with Crippen LogP contribution in [0.15, 0.2) is 18.7 Å². The third-order valence-corrected chi connectivity index (χ3v) is 3.87. The first kappa shape index (κ1) is 22.6. The molecule has 24 heavy (non-hydrogen) atoms. The number of carbonyl (C=O) groups is 1. The van der Waals surface area contributed by atoms with E-state index in [1.807, 2.05) is 0 Å². The van der Waals surface area contributed by atoms with Crippen LogP contribution in [0.2, 0.25) is 0 Å². The molecule has 0 aliphatic heterocycles. The van der Waals surface area contributed by atoms with Crippen LogP contribution < -0.4 is 21.1 Å². The lowest BCUT2D eigenvalue weighted by Gasteiger charge is -2.10. The third kappa shape index (κ3) is 13.1. The molecule has 0 saturated heterocycles. The molecule has 0 aliphatic rings. The molecule has 0 unspecified atom stereocenters. The molecule has 4 N–H and O–H groups in total. The Morgan fingerprint density at radius 1 is 1.17 bits per heavy atom. The lowest BCUT2D eigenvalue weighted by atomic mass is 10.1. The Bertz CT molecular complexity index is 421. The number of rotatable bonds is 12. The Balaban J connectivity index is 0.000000470. The molecule has 1 atom stereocenters. The first-order chi connectivity index (χ1) is 11.5. The Kier molecular flexibility index (Phi) is 14.3. The van der Waals surface area contributed by atoms with Crippen molar-refractivity contribution in [1.82, 2.24) is 4.57 Å². The van der Waals surface area contributed by atoms with Gasteiger partial charge in [0, 0.05) is 6.04 Å². The van der Waals surface area contributed by atoms with E-state index in [0.717, 1.165) is 12.8 Å². The van der Waals surface area contributed by atoms with Crippen molar-refractivity contribution >= 4 is 5.97 Å². The topological polar surface area (TPSA) is 101 Å². The highest BCUT2D eigenvalue weighted by atomic mass is 16.4. The molecule has 0 spiro atoms. The number of aryl methyl sites for hydroxylation is 2. The van der Waals surface area contributed by atoms with Crippen molar-refractivity contribution in [1.29, 1.82) is 0 Å². The van der Waals surface area contributed by atoms with E-state index in [9.17, 15) is 9.90 Å². The maximum Gasteiger partial charge on any atom is 0.243 e. The summed E-state index contributed by atoms with van der Waals surface area (Å²) < 4.78 is 4.36. The molecule has 1 aromatic heterocycles. The zero-order valence-electron chi connectivity index (χ0n) is 15.5. The van der Waals surface area contributed by atoms with Crippen molar-refractivity contribution < 1.29 is 14.5 Å². The van der Waals surface area contributed by atoms with Crippen LogP contribution in [0, 0.1) is 0 Å². The first-order valence-electron chi connectivity index (χ1n) is 9.18. The number of carbonyl (C=O) groups excluding carboxylic acids is 1. The van der Waals surface area contributed by atoms with Crippen LogP contribution in [0.25, 0.3) is 0 Å². The van der Waals surface area contributed by atoms with E-state index in [1.54, 1.807) is 0 Å². The average molecular weight is 341 g/mol. The summed E-state index contributed by atoms with van der Waals surface area (Å²) in [6.07, 6.45) is 16.7. The van der Waals surface area contributed by atoms with Crippen molar-refractivity contribution in [3.8, 4) is 0 Å². The summed E-state index contributed by atoms with van der Waals surface area (Å²) in [6.45, 7) is 4.02. The van der Waals surface area contributed by atoms with E-state index in [-0.39, 0.29) is 0 Å². The molecule has 0 aromatic carbocycles. The summed E-state index contributed by atoms with van der Waals surface area (Å²) in [6, 6.07) is -0.827. The fourth-order valence-electron chi connectivity index (χ4n) is 2.34. The summed E-state index contributed by atoms with van der Waals surface area (Å²) in [4.78, 5) is 10.0. The smallest absolute Gasteiger partial charge is 0.243 e. The highest BCUT2D eigenvalue weighted by Crippen LogP contribution is 2.04. The number of imidazole rings is 1. The second-order valence-corrected chi connectivity index (χ2v) is 6.29. The van der Waals surface area contributed by atoms with Crippen LogP contribution in [-0.4, -0.2) is 23.1 Å². The number of aliphatic carboxylic acids is 1. The molecule has 0 radical (unpaired) electrons. The van der Waals surface area contributed by atoms with Crippen molar-refractivity contribution in [2.24, 2.45) is 18.5 Å². The second-order valence-electron chi connectivity index (χ2n) is 6.29. The predicted octanol–water partition coefficient (Wildman–Crippen LogP) is 0.866. The van der Waals surface area contributed by atoms with Gasteiger partial charge >= 0.3 is 0 Å². The van der Waals surface area contributed by atoms with E-state index < -0.39 is 12.0 Å². The van der Waals surface area contributed by atoms with Gasteiger partial charge in [0.2, 0.25) is 6.33 Å². The molecule has 6 nitrogen and oxygen atoms in total. The number of hydrogen-bond acceptors (Lipinski definition) is 4. The number of aromatic nitrogens is 2. The molecule has 6 heteroatoms. The van der Waals surface area contributed by atoms with E-state index in [1.165, 1.54) is 45.1 Å². The zero-order valence-corrected chi connectivity index (χ0v) is 15.5. The van der Waals surface area contributed by atoms with Crippen molar-refractivity contribution in [2.45, 2.75) is 77.3 Å². The highest BCUT2D eigenvalue weighted by Gasteiger charge is 2.01. The standard InChI is InChI=1S/C12H23N2.C6H14N2O2/c1-3-4-5-6-7-8-9-14-11-10-13(2)12-14;7-4-2-1-3-5(8)6(9)10/h10-12H,3-9H2,1-2H3;5H,1-4,7-8H2,(H,9,10)/q+1;/p-1/t;5-/m.0/s1. The quantitative estimate of drug-likeness (QED) is 0.435. The van der Waals surface area contributed by atoms with Crippen LogP contribution in [-0.2, 0) is 18.4 Å². The van der Waals surface area contributed by atoms with Crippen LogP contribution in [0.4, 0.5) is 0 Å². The van der Waals surface area contributed by atoms with Gasteiger partial charge in [-0.05, 0) is 32.2 Å². The van der Waals surface area contributed by atoms with Gasteiger partial charge < -0.3 is 21.4 Å². The largest absolute Gasteiger partial charge is 0.548 e. The monoisotopic (exact) mass is 340 g/mol. The minimum Gasteiger partial charge on any atom is -0.548 e. The molecular weight excluding hydrogens is 304 g/mol. The lowest BCUT2D eigenvalue weighted by molar-refractivity contribution is -0.696. The third-order valence-electron chi connectivity index (χ3n) is 3.87. The zero-order chi connectivity index (χ0) is 18.2. The van der Waals surface area contributed by atoms with Gasteiger partial charge in [0.05, 0.1) is 19.6 Å². The minimum absolute atomic E-state index is 0.458. The number of carboxylic acid groups (broad SMARTS) is 1. The summed E-state index contributed by atoms with van der Waals surface area (Å²) in [5.74, 6) is -1.18. The van der Waals surface area contributed by atoms with Crippen molar-refractivity contribution in [3.05, 3.63) is 18.7 Å². The van der Waals surface area contributed by atoms with Gasteiger partial charge in [-0.3, -0.25) is 0 Å². The van der Waals surface area contributed by atoms with E-state index in [2.05, 4.69) is 41.8 Å². The normalized spacial score (nSPS) is 11.7. The Morgan fingerprint density at radius 3 is 2.38 bits per heavy atom. The SMILES string of the molecule is CCCCCCCC[n+]1ccn(C)c1.NCCCC[C@H](N)C(=O)[O-]. The van der Waals surface area contributed by atoms with E-state index in [4.69, 9.17) is 11.5 Å². The maximum atomic E-state index is 10.0. The van der Waals surface area contributed by atoms with Gasteiger partial charge in [-0.15, -0.1) is 0 Å². The molecule has 1 aromatic rings. The molecule has 1 heterocycles. The van der Waals surface area contributed by atoms with Gasteiger partial charge in [0.15, 0.2) is 0 Å². The summed E-state index contributed by atoms with van der Waals surface area (Å²) in [5.41, 5.74) is 10.3. The molecule has 1 rings (SSSR count). The Morgan fingerprint density at radius 2 is 1.83 bits per heavy atom. The van der Waals surface area contributed by atoms with Gasteiger partial charge in [-0.1, -0.05) is 39.0 Å². The van der Waals surface area contributed by atoms with Crippen LogP contribution in [0.5, 0.6) is 0 Å². The maximum absolute atomic E-state index is 10.0. The van der Waals surface area contributed by atoms with Crippen LogP contribution in [0.3, 0.4) is 0 Å². The molecule has 0 saturated carbocycles. The average Bonchev–Trinajstić information content (AvgIpc) is 2.97. The summed E-state index contributed by atoms with van der Waals surface area (Å²) in [5, 5.41) is 10.0. The van der Waals surface area contributed by atoms with E-state index in [0.29, 0.717) is 13.0 Å². The second kappa shape index (κ2) is 15.1. The molecule has 0 aliphatic carbocycles. The molecule has 0 fully saturated rings. The van der Waals surface area contributed by atoms with Crippen molar-refractivity contribution in [3.63, 3.8) is 0 Å². The molecule has 0 amide bonds. The molecule has 0 bridgehead atoms. The van der Waals surface area contributed by atoms with Crippen molar-refractivity contribution in [2.75, 3.05) is 6.54 Å². The van der Waals surface area contributed by atoms with Gasteiger partial charge in [-0.25, -0.2) is 9.13 Å². The number of nitrogens with zero attached hydrogens (tertiary/aromatic N) is 2. The lowest BCUT2D eigenvalue weighted by Crippen LogP contribution is -2.41.